The van der Waals surface area contributed by atoms with Gasteiger partial charge in [-0.05, 0) is 31.4 Å². The van der Waals surface area contributed by atoms with Crippen LogP contribution in [0.25, 0.3) is 11.5 Å². The van der Waals surface area contributed by atoms with Gasteiger partial charge < -0.3 is 5.32 Å². The molecular weight excluding hydrogens is 272 g/mol. The van der Waals surface area contributed by atoms with Crippen molar-refractivity contribution in [3.63, 3.8) is 0 Å². The number of hydrogen-bond donors (Lipinski definition) is 1. The Bertz CT molecular complexity index is 567. The number of anilines is 1. The summed E-state index contributed by atoms with van der Waals surface area (Å²) in [5.41, 5.74) is 1.76. The highest BCUT2D eigenvalue weighted by molar-refractivity contribution is 6.30. The van der Waals surface area contributed by atoms with Crippen LogP contribution in [0.3, 0.4) is 0 Å². The summed E-state index contributed by atoms with van der Waals surface area (Å²) in [5, 5.41) is 3.85. The van der Waals surface area contributed by atoms with E-state index in [1.807, 2.05) is 19.1 Å². The van der Waals surface area contributed by atoms with Crippen LogP contribution in [0, 0.1) is 5.92 Å². The second-order valence-corrected chi connectivity index (χ2v) is 5.49. The van der Waals surface area contributed by atoms with E-state index in [-0.39, 0.29) is 0 Å². The number of pyridine rings is 1. The van der Waals surface area contributed by atoms with Gasteiger partial charge in [0.25, 0.3) is 0 Å². The molecule has 0 aliphatic heterocycles. The van der Waals surface area contributed by atoms with E-state index in [1.54, 1.807) is 12.3 Å². The summed E-state index contributed by atoms with van der Waals surface area (Å²) in [4.78, 5) is 13.4. The smallest absolute Gasteiger partial charge is 0.180 e. The summed E-state index contributed by atoms with van der Waals surface area (Å²) in [6.07, 6.45) is 2.53. The Morgan fingerprint density at radius 1 is 1.25 bits per heavy atom. The molecule has 0 aliphatic rings. The molecule has 0 unspecified atom stereocenters. The zero-order valence-corrected chi connectivity index (χ0v) is 12.8. The minimum atomic E-state index is 0.547. The molecule has 0 amide bonds. The van der Waals surface area contributed by atoms with Crippen molar-refractivity contribution in [3.8, 4) is 11.5 Å². The van der Waals surface area contributed by atoms with Crippen LogP contribution in [0.4, 0.5) is 5.82 Å². The molecule has 5 heteroatoms. The van der Waals surface area contributed by atoms with E-state index in [9.17, 15) is 0 Å². The van der Waals surface area contributed by atoms with Gasteiger partial charge in [0.15, 0.2) is 5.82 Å². The summed E-state index contributed by atoms with van der Waals surface area (Å²) in [5.74, 6) is 2.02. The molecule has 0 radical (unpaired) electrons. The monoisotopic (exact) mass is 290 g/mol. The van der Waals surface area contributed by atoms with Crippen molar-refractivity contribution in [2.45, 2.75) is 27.2 Å². The van der Waals surface area contributed by atoms with Crippen molar-refractivity contribution in [3.05, 3.63) is 35.1 Å². The van der Waals surface area contributed by atoms with Crippen molar-refractivity contribution in [1.82, 2.24) is 15.0 Å². The minimum absolute atomic E-state index is 0.547. The predicted octanol–water partition coefficient (Wildman–Crippen LogP) is 3.82. The lowest BCUT2D eigenvalue weighted by molar-refractivity contribution is 0.634. The van der Waals surface area contributed by atoms with Crippen LogP contribution in [-0.2, 0) is 6.42 Å². The summed E-state index contributed by atoms with van der Waals surface area (Å²) in [7, 11) is 0. The fourth-order valence-corrected chi connectivity index (χ4v) is 2.03. The topological polar surface area (TPSA) is 50.7 Å². The standard InChI is InChI=1S/C15H19ClN4/c1-4-17-14-8-12(7-10(2)3)19-15(20-14)13-6-5-11(16)9-18-13/h5-6,8-10H,4,7H2,1-3H3,(H,17,19,20). The Morgan fingerprint density at radius 2 is 2.05 bits per heavy atom. The first-order valence-electron chi connectivity index (χ1n) is 6.82. The average Bonchev–Trinajstić information content (AvgIpc) is 2.38. The quantitative estimate of drug-likeness (QED) is 0.909. The number of hydrogen-bond acceptors (Lipinski definition) is 4. The van der Waals surface area contributed by atoms with Gasteiger partial charge in [0, 0.05) is 24.5 Å². The Balaban J connectivity index is 2.40. The fraction of sp³-hybridized carbons (Fsp3) is 0.400. The van der Waals surface area contributed by atoms with Gasteiger partial charge in [-0.1, -0.05) is 25.4 Å². The molecule has 0 atom stereocenters. The van der Waals surface area contributed by atoms with Gasteiger partial charge >= 0.3 is 0 Å². The largest absolute Gasteiger partial charge is 0.370 e. The zero-order valence-electron chi connectivity index (χ0n) is 12.0. The maximum absolute atomic E-state index is 5.86. The molecule has 0 aromatic carbocycles. The maximum Gasteiger partial charge on any atom is 0.180 e. The third-order valence-electron chi connectivity index (χ3n) is 2.71. The molecule has 106 valence electrons. The highest BCUT2D eigenvalue weighted by Gasteiger charge is 2.09. The van der Waals surface area contributed by atoms with Crippen molar-refractivity contribution < 1.29 is 0 Å². The first kappa shape index (κ1) is 14.7. The van der Waals surface area contributed by atoms with Crippen LogP contribution < -0.4 is 5.32 Å². The first-order valence-corrected chi connectivity index (χ1v) is 7.20. The van der Waals surface area contributed by atoms with Gasteiger partial charge in [-0.15, -0.1) is 0 Å². The highest BCUT2D eigenvalue weighted by Crippen LogP contribution is 2.19. The van der Waals surface area contributed by atoms with Crippen LogP contribution in [-0.4, -0.2) is 21.5 Å². The lowest BCUT2D eigenvalue weighted by atomic mass is 10.1. The van der Waals surface area contributed by atoms with E-state index < -0.39 is 0 Å². The number of aromatic nitrogens is 3. The van der Waals surface area contributed by atoms with E-state index in [1.165, 1.54) is 0 Å². The molecule has 4 nitrogen and oxygen atoms in total. The molecular formula is C15H19ClN4. The highest BCUT2D eigenvalue weighted by atomic mass is 35.5. The van der Waals surface area contributed by atoms with Gasteiger partial charge in [-0.25, -0.2) is 9.97 Å². The van der Waals surface area contributed by atoms with Crippen molar-refractivity contribution >= 4 is 17.4 Å². The Kier molecular flexibility index (Phi) is 4.90. The van der Waals surface area contributed by atoms with E-state index in [2.05, 4.69) is 34.1 Å². The van der Waals surface area contributed by atoms with Gasteiger partial charge in [-0.2, -0.15) is 0 Å². The molecule has 0 spiro atoms. The van der Waals surface area contributed by atoms with E-state index in [0.717, 1.165) is 30.2 Å². The number of halogens is 1. The summed E-state index contributed by atoms with van der Waals surface area (Å²) >= 11 is 5.86. The third-order valence-corrected chi connectivity index (χ3v) is 2.93. The summed E-state index contributed by atoms with van der Waals surface area (Å²) in [6, 6.07) is 5.64. The van der Waals surface area contributed by atoms with Crippen molar-refractivity contribution in [2.75, 3.05) is 11.9 Å². The lowest BCUT2D eigenvalue weighted by Crippen LogP contribution is -2.06. The molecule has 0 aliphatic carbocycles. The van der Waals surface area contributed by atoms with E-state index in [4.69, 9.17) is 11.6 Å². The second-order valence-electron chi connectivity index (χ2n) is 5.06. The van der Waals surface area contributed by atoms with E-state index in [0.29, 0.717) is 16.8 Å². The predicted molar refractivity (Wildman–Crippen MR) is 83.0 cm³/mol. The molecule has 1 N–H and O–H groups in total. The number of rotatable bonds is 5. The maximum atomic E-state index is 5.86. The van der Waals surface area contributed by atoms with Gasteiger partial charge in [-0.3, -0.25) is 4.98 Å². The average molecular weight is 291 g/mol. The minimum Gasteiger partial charge on any atom is -0.370 e. The molecule has 0 bridgehead atoms. The Morgan fingerprint density at radius 3 is 2.65 bits per heavy atom. The SMILES string of the molecule is CCNc1cc(CC(C)C)nc(-c2ccc(Cl)cn2)n1. The number of nitrogens with zero attached hydrogens (tertiary/aromatic N) is 3. The molecule has 2 aromatic rings. The Labute approximate surface area is 124 Å². The normalized spacial score (nSPS) is 10.8. The van der Waals surface area contributed by atoms with Gasteiger partial charge in [0.1, 0.15) is 11.5 Å². The van der Waals surface area contributed by atoms with Gasteiger partial charge in [0.2, 0.25) is 0 Å². The van der Waals surface area contributed by atoms with E-state index >= 15 is 0 Å². The van der Waals surface area contributed by atoms with Crippen LogP contribution in [0.1, 0.15) is 26.5 Å². The fourth-order valence-electron chi connectivity index (χ4n) is 1.91. The molecule has 2 aromatic heterocycles. The second kappa shape index (κ2) is 6.66. The molecule has 20 heavy (non-hydrogen) atoms. The van der Waals surface area contributed by atoms with Crippen LogP contribution in [0.5, 0.6) is 0 Å². The molecule has 0 saturated heterocycles. The van der Waals surface area contributed by atoms with Gasteiger partial charge in [0.05, 0.1) is 5.02 Å². The first-order chi connectivity index (χ1) is 9.58. The van der Waals surface area contributed by atoms with Crippen molar-refractivity contribution in [1.29, 1.82) is 0 Å². The van der Waals surface area contributed by atoms with Crippen LogP contribution in [0.15, 0.2) is 24.4 Å². The molecule has 0 fully saturated rings. The summed E-state index contributed by atoms with van der Waals surface area (Å²) in [6.45, 7) is 7.22. The van der Waals surface area contributed by atoms with Crippen LogP contribution in [0.2, 0.25) is 5.02 Å². The number of nitrogens with one attached hydrogen (secondary N) is 1. The third kappa shape index (κ3) is 3.90. The zero-order chi connectivity index (χ0) is 14.5. The lowest BCUT2D eigenvalue weighted by Gasteiger charge is -2.10. The summed E-state index contributed by atoms with van der Waals surface area (Å²) < 4.78 is 0. The molecule has 2 heterocycles. The van der Waals surface area contributed by atoms with Crippen molar-refractivity contribution in [2.24, 2.45) is 5.92 Å². The van der Waals surface area contributed by atoms with Crippen LogP contribution >= 0.6 is 11.6 Å². The Hall–Kier alpha value is -1.68. The molecule has 0 saturated carbocycles. The molecule has 2 rings (SSSR count).